The number of rotatable bonds is 16. The normalized spacial score (nSPS) is 49.9. The van der Waals surface area contributed by atoms with Gasteiger partial charge in [-0.25, -0.2) is 4.89 Å². The van der Waals surface area contributed by atoms with E-state index in [0.717, 1.165) is 26.2 Å². The van der Waals surface area contributed by atoms with Gasteiger partial charge in [-0.15, -0.1) is 0 Å². The standard InChI is InChI=1S/C50H84O21/c1-22(2)26(71-63)11-17-50(9,70-44-41(62)37(58)34(55)27(19-51)65-44)24-10-15-49(8)33(24)25(54)18-31-47(6)14-13-32(46(4,5)30(47)12-16-48(31,49)7)68-45-42(39(60)35(56)28(20-52)66-45)69-43-40(61)38(59)36(57)29(67-43)21-64-23(3)53/h24-45,51-52,54-63H,1,10-21H2,2-9H3. The third-order valence-electron chi connectivity index (χ3n) is 19.5. The van der Waals surface area contributed by atoms with E-state index < -0.39 is 153 Å². The van der Waals surface area contributed by atoms with Crippen molar-refractivity contribution in [3.63, 3.8) is 0 Å². The summed E-state index contributed by atoms with van der Waals surface area (Å²) in [6, 6.07) is 0. The van der Waals surface area contributed by atoms with Gasteiger partial charge >= 0.3 is 5.97 Å². The second kappa shape index (κ2) is 21.5. The maximum atomic E-state index is 12.7. The number of aliphatic hydroxyl groups excluding tert-OH is 11. The molecule has 12 N–H and O–H groups in total. The van der Waals surface area contributed by atoms with Crippen molar-refractivity contribution in [2.75, 3.05) is 19.8 Å². The lowest BCUT2D eigenvalue weighted by molar-refractivity contribution is -0.378. The smallest absolute Gasteiger partial charge is 0.302 e. The van der Waals surface area contributed by atoms with Gasteiger partial charge in [-0.2, -0.15) is 0 Å². The molecule has 4 saturated carbocycles. The van der Waals surface area contributed by atoms with Gasteiger partial charge in [0.25, 0.3) is 0 Å². The van der Waals surface area contributed by atoms with Crippen molar-refractivity contribution in [2.45, 2.75) is 229 Å². The van der Waals surface area contributed by atoms with Crippen LogP contribution in [-0.2, 0) is 42.8 Å². The van der Waals surface area contributed by atoms with E-state index in [0.29, 0.717) is 31.3 Å². The highest BCUT2D eigenvalue weighted by Gasteiger charge is 2.72. The maximum Gasteiger partial charge on any atom is 0.302 e. The van der Waals surface area contributed by atoms with Gasteiger partial charge in [0.2, 0.25) is 0 Å². The molecule has 0 aromatic rings. The van der Waals surface area contributed by atoms with E-state index in [1.165, 1.54) is 0 Å². The molecular formula is C50H84O21. The Balaban J connectivity index is 1.13. The Hall–Kier alpha value is -1.55. The molecule has 26 unspecified atom stereocenters. The molecule has 3 saturated heterocycles. The van der Waals surface area contributed by atoms with Crippen molar-refractivity contribution in [1.29, 1.82) is 0 Å². The average Bonchev–Trinajstić information content (AvgIpc) is 3.70. The highest BCUT2D eigenvalue weighted by molar-refractivity contribution is 5.65. The van der Waals surface area contributed by atoms with Crippen LogP contribution in [0.15, 0.2) is 12.2 Å². The molecule has 3 aliphatic heterocycles. The van der Waals surface area contributed by atoms with Crippen molar-refractivity contribution < 1.29 is 104 Å². The lowest BCUT2D eigenvalue weighted by Gasteiger charge is -2.71. The average molecular weight is 1020 g/mol. The third-order valence-corrected chi connectivity index (χ3v) is 19.5. The molecule has 0 spiro atoms. The van der Waals surface area contributed by atoms with Gasteiger partial charge in [-0.05, 0) is 123 Å². The van der Waals surface area contributed by atoms with E-state index in [4.69, 9.17) is 38.0 Å². The molecule has 4 aliphatic carbocycles. The molecule has 0 bridgehead atoms. The lowest BCUT2D eigenvalue weighted by Crippen LogP contribution is -2.68. The fourth-order valence-corrected chi connectivity index (χ4v) is 15.2. The van der Waals surface area contributed by atoms with Gasteiger partial charge < -0.3 is 89.3 Å². The highest BCUT2D eigenvalue weighted by atomic mass is 17.1. The first kappa shape index (κ1) is 57.2. The van der Waals surface area contributed by atoms with Crippen LogP contribution in [0.3, 0.4) is 0 Å². The fourth-order valence-electron chi connectivity index (χ4n) is 15.2. The fraction of sp³-hybridized carbons (Fsp3) is 0.940. The Morgan fingerprint density at radius 1 is 0.690 bits per heavy atom. The van der Waals surface area contributed by atoms with Crippen LogP contribution in [-0.4, -0.2) is 203 Å². The largest absolute Gasteiger partial charge is 0.463 e. The Kier molecular flexibility index (Phi) is 17.3. The number of fused-ring (bicyclic) bond motifs is 5. The summed E-state index contributed by atoms with van der Waals surface area (Å²) in [5.41, 5.74) is -2.22. The van der Waals surface area contributed by atoms with Crippen LogP contribution in [0.5, 0.6) is 0 Å². The number of carbonyl (C=O) groups is 1. The number of carbonyl (C=O) groups excluding carboxylic acids is 1. The zero-order valence-electron chi connectivity index (χ0n) is 42.4. The van der Waals surface area contributed by atoms with Gasteiger partial charge in [0, 0.05) is 6.92 Å². The molecule has 410 valence electrons. The van der Waals surface area contributed by atoms with E-state index >= 15 is 0 Å². The number of aliphatic hydroxyl groups is 11. The van der Waals surface area contributed by atoms with Gasteiger partial charge in [-0.3, -0.25) is 10.1 Å². The Labute approximate surface area is 415 Å². The minimum absolute atomic E-state index is 0.0292. The number of hydrogen-bond donors (Lipinski definition) is 12. The second-order valence-corrected chi connectivity index (χ2v) is 23.7. The van der Waals surface area contributed by atoms with E-state index in [1.54, 1.807) is 6.92 Å². The Bertz CT molecular complexity index is 1840. The first-order chi connectivity index (χ1) is 33.1. The Morgan fingerprint density at radius 2 is 1.25 bits per heavy atom. The van der Waals surface area contributed by atoms with Gasteiger partial charge in [0.15, 0.2) is 18.9 Å². The SMILES string of the molecule is C=C(C)C(CCC(C)(OC1OC(CO)C(O)C(O)C1O)C1CCC2(C)C1C(O)CC1C3(C)CCC(OC4OC(CO)C(O)C(O)C4OC4OC(COC(C)=O)C(O)C(O)C4O)C(C)(C)C3CCC12C)OO. The summed E-state index contributed by atoms with van der Waals surface area (Å²) in [4.78, 5) is 16.4. The molecule has 7 aliphatic rings. The van der Waals surface area contributed by atoms with Crippen molar-refractivity contribution in [3.8, 4) is 0 Å². The van der Waals surface area contributed by atoms with Gasteiger partial charge in [0.1, 0.15) is 86.0 Å². The molecule has 0 aromatic carbocycles. The third kappa shape index (κ3) is 10.0. The van der Waals surface area contributed by atoms with Crippen LogP contribution in [0.4, 0.5) is 0 Å². The summed E-state index contributed by atoms with van der Waals surface area (Å²) < 4.78 is 42.4. The molecular weight excluding hydrogens is 937 g/mol. The van der Waals surface area contributed by atoms with Gasteiger partial charge in [-0.1, -0.05) is 41.2 Å². The van der Waals surface area contributed by atoms with E-state index in [1.807, 2.05) is 6.92 Å². The number of esters is 1. The molecule has 21 nitrogen and oxygen atoms in total. The van der Waals surface area contributed by atoms with E-state index in [9.17, 15) is 66.2 Å². The number of ether oxygens (including phenoxy) is 7. The summed E-state index contributed by atoms with van der Waals surface area (Å²) in [5.74, 6) is -1.25. The first-order valence-electron chi connectivity index (χ1n) is 25.5. The van der Waals surface area contributed by atoms with Crippen molar-refractivity contribution in [3.05, 3.63) is 12.2 Å². The highest BCUT2D eigenvalue weighted by Crippen LogP contribution is 2.76. The van der Waals surface area contributed by atoms with Crippen LogP contribution in [0, 0.1) is 45.3 Å². The zero-order chi connectivity index (χ0) is 52.5. The second-order valence-electron chi connectivity index (χ2n) is 23.7. The molecule has 0 aromatic heterocycles. The van der Waals surface area contributed by atoms with Gasteiger partial charge in [0.05, 0.1) is 31.0 Å². The minimum atomic E-state index is -1.84. The van der Waals surface area contributed by atoms with Crippen LogP contribution in [0.1, 0.15) is 113 Å². The maximum absolute atomic E-state index is 12.7. The van der Waals surface area contributed by atoms with E-state index in [-0.39, 0.29) is 47.3 Å². The molecule has 71 heavy (non-hydrogen) atoms. The lowest BCUT2D eigenvalue weighted by atomic mass is 9.35. The molecule has 21 heteroatoms. The summed E-state index contributed by atoms with van der Waals surface area (Å²) in [7, 11) is 0. The summed E-state index contributed by atoms with van der Waals surface area (Å²) >= 11 is 0. The number of hydrogen-bond acceptors (Lipinski definition) is 21. The zero-order valence-corrected chi connectivity index (χ0v) is 42.4. The molecule has 0 radical (unpaired) electrons. The minimum Gasteiger partial charge on any atom is -0.463 e. The van der Waals surface area contributed by atoms with Crippen LogP contribution < -0.4 is 0 Å². The molecule has 0 amide bonds. The summed E-state index contributed by atoms with van der Waals surface area (Å²) in [6.07, 6.45) is -20.5. The van der Waals surface area contributed by atoms with Crippen LogP contribution in [0.2, 0.25) is 0 Å². The van der Waals surface area contributed by atoms with Crippen molar-refractivity contribution >= 4 is 5.97 Å². The molecule has 7 fully saturated rings. The predicted octanol–water partition coefficient (Wildman–Crippen LogP) is 0.0121. The molecule has 3 heterocycles. The quantitative estimate of drug-likeness (QED) is 0.0319. The topological polar surface area (TPSA) is 334 Å². The van der Waals surface area contributed by atoms with Crippen LogP contribution in [0.25, 0.3) is 0 Å². The monoisotopic (exact) mass is 1020 g/mol. The first-order valence-corrected chi connectivity index (χ1v) is 25.5. The van der Waals surface area contributed by atoms with Crippen LogP contribution >= 0.6 is 0 Å². The summed E-state index contributed by atoms with van der Waals surface area (Å²) in [5, 5.41) is 130. The predicted molar refractivity (Wildman–Crippen MR) is 246 cm³/mol. The Morgan fingerprint density at radius 3 is 1.85 bits per heavy atom. The van der Waals surface area contributed by atoms with Crippen molar-refractivity contribution in [1.82, 2.24) is 0 Å². The molecule has 26 atom stereocenters. The molecule has 7 rings (SSSR count). The van der Waals surface area contributed by atoms with Crippen molar-refractivity contribution in [2.24, 2.45) is 45.3 Å². The van der Waals surface area contributed by atoms with E-state index in [2.05, 4.69) is 41.2 Å². The summed E-state index contributed by atoms with van der Waals surface area (Å²) in [6.45, 7) is 18.1.